The van der Waals surface area contributed by atoms with Gasteiger partial charge in [-0.15, -0.1) is 0 Å². The maximum atomic E-state index is 11.1. The maximum Gasteiger partial charge on any atom is 0.248 e. The molecule has 0 spiro atoms. The van der Waals surface area contributed by atoms with Crippen LogP contribution >= 0.6 is 0 Å². The van der Waals surface area contributed by atoms with Gasteiger partial charge in [-0.25, -0.2) is 0 Å². The van der Waals surface area contributed by atoms with E-state index in [0.29, 0.717) is 16.8 Å². The summed E-state index contributed by atoms with van der Waals surface area (Å²) in [6.07, 6.45) is 4.82. The van der Waals surface area contributed by atoms with Crippen molar-refractivity contribution < 1.29 is 9.59 Å². The van der Waals surface area contributed by atoms with E-state index in [1.165, 1.54) is 0 Å². The zero-order valence-electron chi connectivity index (χ0n) is 8.94. The van der Waals surface area contributed by atoms with Gasteiger partial charge < -0.3 is 16.8 Å². The Morgan fingerprint density at radius 1 is 1.12 bits per heavy atom. The third-order valence-corrected chi connectivity index (χ3v) is 2.44. The zero-order chi connectivity index (χ0) is 12.4. The van der Waals surface area contributed by atoms with Crippen LogP contribution in [0.1, 0.15) is 15.9 Å². The van der Waals surface area contributed by atoms with E-state index in [9.17, 15) is 9.59 Å². The second kappa shape index (κ2) is 4.13. The summed E-state index contributed by atoms with van der Waals surface area (Å²) >= 11 is 0. The van der Waals surface area contributed by atoms with Crippen LogP contribution in [0, 0.1) is 0 Å². The Hall–Kier alpha value is -2.56. The Bertz CT molecular complexity index is 559. The predicted molar refractivity (Wildman–Crippen MR) is 64.9 cm³/mol. The van der Waals surface area contributed by atoms with Gasteiger partial charge in [0.25, 0.3) is 0 Å². The number of primary amides is 2. The number of amides is 2. The molecule has 1 aliphatic heterocycles. The highest BCUT2D eigenvalue weighted by Crippen LogP contribution is 2.23. The molecular weight excluding hydrogens is 218 g/mol. The summed E-state index contributed by atoms with van der Waals surface area (Å²) in [6, 6.07) is 4.93. The fourth-order valence-electron chi connectivity index (χ4n) is 1.55. The van der Waals surface area contributed by atoms with Crippen LogP contribution in [0.4, 0.5) is 5.69 Å². The van der Waals surface area contributed by atoms with Crippen molar-refractivity contribution >= 4 is 23.6 Å². The van der Waals surface area contributed by atoms with Crippen LogP contribution in [0.15, 0.2) is 36.0 Å². The van der Waals surface area contributed by atoms with E-state index >= 15 is 0 Å². The number of fused-ring (bicyclic) bond motifs is 1. The van der Waals surface area contributed by atoms with Gasteiger partial charge in [0.05, 0.1) is 0 Å². The van der Waals surface area contributed by atoms with E-state index < -0.39 is 11.8 Å². The first kappa shape index (κ1) is 10.9. The first-order chi connectivity index (χ1) is 8.08. The molecule has 0 unspecified atom stereocenters. The molecule has 0 fully saturated rings. The minimum absolute atomic E-state index is 0.392. The molecule has 1 aromatic carbocycles. The van der Waals surface area contributed by atoms with Gasteiger partial charge in [-0.05, 0) is 29.8 Å². The SMILES string of the molecule is NC(=O)C1=Cc2ccc(C(N)=O)cc2NC=C1. The molecule has 0 saturated carbocycles. The third kappa shape index (κ3) is 2.17. The van der Waals surface area contributed by atoms with Crippen molar-refractivity contribution in [1.29, 1.82) is 0 Å². The molecule has 0 atom stereocenters. The molecule has 0 aliphatic carbocycles. The maximum absolute atomic E-state index is 11.1. The molecule has 0 saturated heterocycles. The normalized spacial score (nSPS) is 13.1. The number of benzene rings is 1. The highest BCUT2D eigenvalue weighted by atomic mass is 16.1. The topological polar surface area (TPSA) is 98.2 Å². The lowest BCUT2D eigenvalue weighted by molar-refractivity contribution is -0.114. The lowest BCUT2D eigenvalue weighted by Gasteiger charge is -2.06. The van der Waals surface area contributed by atoms with Gasteiger partial charge in [0, 0.05) is 23.0 Å². The third-order valence-electron chi connectivity index (χ3n) is 2.44. The second-order valence-corrected chi connectivity index (χ2v) is 3.61. The summed E-state index contributed by atoms with van der Waals surface area (Å²) in [4.78, 5) is 22.1. The van der Waals surface area contributed by atoms with Crippen LogP contribution in [0.2, 0.25) is 0 Å². The Kier molecular flexibility index (Phi) is 2.66. The van der Waals surface area contributed by atoms with Gasteiger partial charge in [0.2, 0.25) is 11.8 Å². The fourth-order valence-corrected chi connectivity index (χ4v) is 1.55. The molecule has 86 valence electrons. The van der Waals surface area contributed by atoms with Crippen molar-refractivity contribution in [3.8, 4) is 0 Å². The molecule has 1 heterocycles. The number of hydrogen-bond donors (Lipinski definition) is 3. The summed E-state index contributed by atoms with van der Waals surface area (Å²) in [5, 5.41) is 2.96. The van der Waals surface area contributed by atoms with Crippen molar-refractivity contribution in [2.45, 2.75) is 0 Å². The summed E-state index contributed by atoms with van der Waals surface area (Å²) in [5.41, 5.74) is 12.7. The lowest BCUT2D eigenvalue weighted by atomic mass is 10.1. The predicted octanol–water partition coefficient (Wildman–Crippen LogP) is 0.593. The monoisotopic (exact) mass is 229 g/mol. The Morgan fingerprint density at radius 3 is 2.53 bits per heavy atom. The quantitative estimate of drug-likeness (QED) is 0.692. The standard InChI is InChI=1S/C12H11N3O2/c13-11(16)8-2-1-7-5-9(12(14)17)3-4-15-10(7)6-8/h1-6,15H,(H2,13,16)(H2,14,17). The Morgan fingerprint density at radius 2 is 1.88 bits per heavy atom. The zero-order valence-corrected chi connectivity index (χ0v) is 8.94. The number of carbonyl (C=O) groups is 2. The van der Waals surface area contributed by atoms with E-state index in [2.05, 4.69) is 5.32 Å². The molecule has 0 aromatic heterocycles. The molecule has 5 N–H and O–H groups in total. The second-order valence-electron chi connectivity index (χ2n) is 3.61. The minimum atomic E-state index is -0.505. The molecule has 2 amide bonds. The minimum Gasteiger partial charge on any atom is -0.366 e. The molecule has 1 aliphatic rings. The Labute approximate surface area is 97.8 Å². The van der Waals surface area contributed by atoms with Crippen LogP contribution in [0.25, 0.3) is 6.08 Å². The van der Waals surface area contributed by atoms with Crippen LogP contribution in [0.3, 0.4) is 0 Å². The van der Waals surface area contributed by atoms with Gasteiger partial charge in [-0.1, -0.05) is 6.07 Å². The summed E-state index contributed by atoms with van der Waals surface area (Å²) in [6.45, 7) is 0. The van der Waals surface area contributed by atoms with Gasteiger partial charge in [-0.3, -0.25) is 9.59 Å². The van der Waals surface area contributed by atoms with Crippen LogP contribution in [-0.4, -0.2) is 11.8 Å². The van der Waals surface area contributed by atoms with Gasteiger partial charge in [0.15, 0.2) is 0 Å². The molecular formula is C12H11N3O2. The van der Waals surface area contributed by atoms with Crippen molar-refractivity contribution in [1.82, 2.24) is 0 Å². The highest BCUT2D eigenvalue weighted by molar-refractivity contribution is 6.01. The largest absolute Gasteiger partial charge is 0.366 e. The number of carbonyl (C=O) groups excluding carboxylic acids is 2. The highest BCUT2D eigenvalue weighted by Gasteiger charge is 2.09. The number of nitrogens with two attached hydrogens (primary N) is 2. The number of nitrogens with one attached hydrogen (secondary N) is 1. The van der Waals surface area contributed by atoms with Crippen molar-refractivity contribution in [3.05, 3.63) is 47.2 Å². The van der Waals surface area contributed by atoms with Crippen LogP contribution in [-0.2, 0) is 4.79 Å². The number of anilines is 1. The fraction of sp³-hybridized carbons (Fsp3) is 0. The summed E-state index contributed by atoms with van der Waals surface area (Å²) < 4.78 is 0. The van der Waals surface area contributed by atoms with Gasteiger partial charge in [0.1, 0.15) is 0 Å². The first-order valence-electron chi connectivity index (χ1n) is 4.96. The Balaban J connectivity index is 2.50. The smallest absolute Gasteiger partial charge is 0.248 e. The van der Waals surface area contributed by atoms with E-state index in [1.807, 2.05) is 0 Å². The van der Waals surface area contributed by atoms with E-state index in [1.54, 1.807) is 36.6 Å². The molecule has 5 heteroatoms. The average Bonchev–Trinajstić information content (AvgIpc) is 2.49. The van der Waals surface area contributed by atoms with Crippen molar-refractivity contribution in [3.63, 3.8) is 0 Å². The summed E-state index contributed by atoms with van der Waals surface area (Å²) in [7, 11) is 0. The first-order valence-corrected chi connectivity index (χ1v) is 4.96. The molecule has 2 rings (SSSR count). The molecule has 5 nitrogen and oxygen atoms in total. The van der Waals surface area contributed by atoms with Crippen molar-refractivity contribution in [2.24, 2.45) is 11.5 Å². The number of rotatable bonds is 2. The van der Waals surface area contributed by atoms with Gasteiger partial charge in [-0.2, -0.15) is 0 Å². The number of hydrogen-bond acceptors (Lipinski definition) is 3. The summed E-state index contributed by atoms with van der Waals surface area (Å²) in [5.74, 6) is -1.00. The van der Waals surface area contributed by atoms with E-state index in [0.717, 1.165) is 5.56 Å². The van der Waals surface area contributed by atoms with Crippen LogP contribution in [0.5, 0.6) is 0 Å². The average molecular weight is 229 g/mol. The van der Waals surface area contributed by atoms with Crippen molar-refractivity contribution in [2.75, 3.05) is 5.32 Å². The molecule has 0 radical (unpaired) electrons. The molecule has 0 bridgehead atoms. The van der Waals surface area contributed by atoms with Gasteiger partial charge >= 0.3 is 0 Å². The van der Waals surface area contributed by atoms with Crippen LogP contribution < -0.4 is 16.8 Å². The van der Waals surface area contributed by atoms with E-state index in [-0.39, 0.29) is 0 Å². The lowest BCUT2D eigenvalue weighted by Crippen LogP contribution is -2.12. The van der Waals surface area contributed by atoms with E-state index in [4.69, 9.17) is 11.5 Å². The molecule has 1 aromatic rings. The molecule has 17 heavy (non-hydrogen) atoms.